The summed E-state index contributed by atoms with van der Waals surface area (Å²) in [6.45, 7) is 5.39. The van der Waals surface area contributed by atoms with Crippen molar-refractivity contribution in [3.8, 4) is 0 Å². The molecular weight excluding hydrogens is 883 g/mol. The third-order valence-corrected chi connectivity index (χ3v) is 11.6. The van der Waals surface area contributed by atoms with Gasteiger partial charge in [0.1, 0.15) is 24.4 Å². The highest BCUT2D eigenvalue weighted by atomic mass is 16.7. The van der Waals surface area contributed by atoms with E-state index in [0.29, 0.717) is 12.8 Å². The summed E-state index contributed by atoms with van der Waals surface area (Å²) in [7, 11) is 0. The van der Waals surface area contributed by atoms with Crippen molar-refractivity contribution < 1.29 is 49.3 Å². The molecule has 0 bridgehead atoms. The second-order valence-electron chi connectivity index (χ2n) is 17.7. The Morgan fingerprint density at radius 3 is 1.54 bits per heavy atom. The fourth-order valence-electron chi connectivity index (χ4n) is 7.34. The van der Waals surface area contributed by atoms with Gasteiger partial charge >= 0.3 is 5.97 Å². The third kappa shape index (κ3) is 34.2. The molecule has 0 aromatic carbocycles. The van der Waals surface area contributed by atoms with Gasteiger partial charge in [0.2, 0.25) is 5.91 Å². The summed E-state index contributed by atoms with van der Waals surface area (Å²) in [5.41, 5.74) is 0. The fraction of sp³-hybridized carbons (Fsp3) is 0.593. The molecule has 8 unspecified atom stereocenters. The van der Waals surface area contributed by atoms with Gasteiger partial charge in [-0.15, -0.1) is 0 Å². The van der Waals surface area contributed by atoms with Crippen LogP contribution in [0.5, 0.6) is 0 Å². The monoisotopic (exact) mass is 976 g/mol. The molecule has 11 heteroatoms. The van der Waals surface area contributed by atoms with Crippen molar-refractivity contribution in [3.05, 3.63) is 134 Å². The van der Waals surface area contributed by atoms with Gasteiger partial charge in [0.05, 0.1) is 25.4 Å². The molecule has 1 heterocycles. The predicted molar refractivity (Wildman–Crippen MR) is 287 cm³/mol. The Bertz CT molecular complexity index is 1640. The minimum atomic E-state index is -1.65. The quantitative estimate of drug-likeness (QED) is 0.0150. The van der Waals surface area contributed by atoms with Crippen molar-refractivity contribution in [2.24, 2.45) is 0 Å². The minimum Gasteiger partial charge on any atom is -0.454 e. The van der Waals surface area contributed by atoms with Crippen LogP contribution >= 0.6 is 0 Å². The van der Waals surface area contributed by atoms with Crippen molar-refractivity contribution in [3.63, 3.8) is 0 Å². The largest absolute Gasteiger partial charge is 0.454 e. The summed E-state index contributed by atoms with van der Waals surface area (Å²) < 4.78 is 17.5. The number of hydrogen-bond acceptors (Lipinski definition) is 10. The summed E-state index contributed by atoms with van der Waals surface area (Å²) in [6.07, 6.45) is 53.6. The van der Waals surface area contributed by atoms with Crippen LogP contribution in [0.1, 0.15) is 162 Å². The number of carbonyl (C=O) groups is 2. The molecule has 0 saturated carbocycles. The van der Waals surface area contributed by atoms with Gasteiger partial charge in [0, 0.05) is 6.42 Å². The van der Waals surface area contributed by atoms with Crippen LogP contribution < -0.4 is 5.32 Å². The molecule has 394 valence electrons. The molecule has 6 N–H and O–H groups in total. The number of esters is 1. The van der Waals surface area contributed by atoms with Crippen LogP contribution in [0.4, 0.5) is 0 Å². The van der Waals surface area contributed by atoms with E-state index in [1.165, 1.54) is 44.9 Å². The molecule has 0 aliphatic carbocycles. The van der Waals surface area contributed by atoms with E-state index >= 15 is 0 Å². The van der Waals surface area contributed by atoms with Crippen molar-refractivity contribution >= 4 is 11.9 Å². The van der Waals surface area contributed by atoms with Crippen LogP contribution in [0.25, 0.3) is 0 Å². The SMILES string of the molecule is CC/C=C/C=C/C=C\C=C/C=C/CCCCCC(=O)OC1C(OCC(NC(=O)C(O)CCCC/C=C/C=C\C=C/C=C/C=C/CC)C(O)/C=C/CCCCCCCCCCCC)OC(CO)C(O)C1O. The van der Waals surface area contributed by atoms with Gasteiger partial charge in [-0.05, 0) is 64.2 Å². The average Bonchev–Trinajstić information content (AvgIpc) is 3.36. The minimum absolute atomic E-state index is 0.0601. The van der Waals surface area contributed by atoms with Crippen LogP contribution in [0, 0.1) is 0 Å². The maximum Gasteiger partial charge on any atom is 0.306 e. The molecule has 1 saturated heterocycles. The average molecular weight is 976 g/mol. The van der Waals surface area contributed by atoms with Gasteiger partial charge < -0.3 is 45.1 Å². The molecular formula is C59H93NO10. The first kappa shape index (κ1) is 63.8. The summed E-state index contributed by atoms with van der Waals surface area (Å²) in [6, 6.07) is -1.06. The van der Waals surface area contributed by atoms with Crippen LogP contribution in [0.3, 0.4) is 0 Å². The van der Waals surface area contributed by atoms with E-state index in [9.17, 15) is 35.1 Å². The number of unbranched alkanes of at least 4 members (excludes halogenated alkanes) is 15. The first-order chi connectivity index (χ1) is 34.2. The van der Waals surface area contributed by atoms with Gasteiger partial charge in [0.15, 0.2) is 12.4 Å². The molecule has 1 rings (SSSR count). The number of allylic oxidation sites excluding steroid dienone is 21. The second kappa shape index (κ2) is 45.9. The van der Waals surface area contributed by atoms with E-state index in [-0.39, 0.29) is 19.4 Å². The molecule has 1 aliphatic heterocycles. The van der Waals surface area contributed by atoms with Crippen molar-refractivity contribution in [1.29, 1.82) is 0 Å². The fourth-order valence-corrected chi connectivity index (χ4v) is 7.34. The molecule has 1 aliphatic rings. The number of rotatable bonds is 41. The lowest BCUT2D eigenvalue weighted by Gasteiger charge is -2.41. The van der Waals surface area contributed by atoms with E-state index in [1.54, 1.807) is 6.08 Å². The van der Waals surface area contributed by atoms with E-state index in [4.69, 9.17) is 14.2 Å². The zero-order valence-corrected chi connectivity index (χ0v) is 43.1. The molecule has 1 fully saturated rings. The van der Waals surface area contributed by atoms with Gasteiger partial charge in [0.25, 0.3) is 0 Å². The summed E-state index contributed by atoms with van der Waals surface area (Å²) in [5.74, 6) is -1.30. The summed E-state index contributed by atoms with van der Waals surface area (Å²) in [4.78, 5) is 26.4. The van der Waals surface area contributed by atoms with E-state index in [2.05, 4.69) is 44.3 Å². The number of aliphatic hydroxyl groups excluding tert-OH is 5. The highest BCUT2D eigenvalue weighted by Crippen LogP contribution is 2.26. The van der Waals surface area contributed by atoms with Crippen molar-refractivity contribution in [2.75, 3.05) is 13.2 Å². The number of carbonyl (C=O) groups excluding carboxylic acids is 2. The summed E-state index contributed by atoms with van der Waals surface area (Å²) >= 11 is 0. The number of hydrogen-bond donors (Lipinski definition) is 6. The zero-order valence-electron chi connectivity index (χ0n) is 43.1. The lowest BCUT2D eigenvalue weighted by atomic mass is 9.99. The Balaban J connectivity index is 2.85. The standard InChI is InChI=1S/C59H93NO10/c1-4-7-10-13-16-19-22-25-27-29-32-35-38-41-44-47-54(64)70-57-56(66)55(65)53(48-61)69-59(57)68-49-50(51(62)45-42-39-36-33-30-24-21-18-15-12-9-6-3)60-58(67)52(63)46-43-40-37-34-31-28-26-23-20-17-14-11-8-5-2/h7-8,10-11,13-14,16-17,19-20,22-23,25-29,31-32,34,42,45,50-53,55-57,59,61-63,65-66H,4-6,9,12,15,18,21,24,30,33,35-41,43-44,46-49H2,1-3H3,(H,60,67)/b10-7+,11-8+,16-13+,17-14+,22-19-,23-20-,27-25-,28-26-,32-29+,34-31+,45-42+. The Morgan fingerprint density at radius 1 is 0.571 bits per heavy atom. The maximum atomic E-state index is 13.3. The molecule has 0 aromatic rings. The van der Waals surface area contributed by atoms with E-state index < -0.39 is 67.4 Å². The van der Waals surface area contributed by atoms with Crippen LogP contribution in [-0.2, 0) is 23.8 Å². The molecule has 1 amide bonds. The maximum absolute atomic E-state index is 13.3. The first-order valence-electron chi connectivity index (χ1n) is 26.6. The van der Waals surface area contributed by atoms with Crippen molar-refractivity contribution in [1.82, 2.24) is 5.32 Å². The van der Waals surface area contributed by atoms with Crippen LogP contribution in [0.2, 0.25) is 0 Å². The number of amides is 1. The molecule has 70 heavy (non-hydrogen) atoms. The third-order valence-electron chi connectivity index (χ3n) is 11.6. The second-order valence-corrected chi connectivity index (χ2v) is 17.7. The zero-order chi connectivity index (χ0) is 51.1. The Hall–Kier alpha value is -4.20. The molecule has 8 atom stereocenters. The molecule has 11 nitrogen and oxygen atoms in total. The lowest BCUT2D eigenvalue weighted by molar-refractivity contribution is -0.305. The Morgan fingerprint density at radius 2 is 1.03 bits per heavy atom. The van der Waals surface area contributed by atoms with Gasteiger partial charge in [-0.1, -0.05) is 225 Å². The predicted octanol–water partition coefficient (Wildman–Crippen LogP) is 11.3. The van der Waals surface area contributed by atoms with Gasteiger partial charge in [-0.2, -0.15) is 0 Å². The first-order valence-corrected chi connectivity index (χ1v) is 26.6. The molecule has 0 aromatic heterocycles. The Labute approximate surface area is 422 Å². The topological polar surface area (TPSA) is 175 Å². The Kier molecular flexibility index (Phi) is 41.9. The van der Waals surface area contributed by atoms with Gasteiger partial charge in [-0.25, -0.2) is 0 Å². The highest BCUT2D eigenvalue weighted by Gasteiger charge is 2.47. The van der Waals surface area contributed by atoms with Crippen LogP contribution in [-0.4, -0.2) is 99.6 Å². The number of aliphatic hydroxyl groups is 5. The molecule has 0 spiro atoms. The van der Waals surface area contributed by atoms with E-state index in [0.717, 1.165) is 70.6 Å². The van der Waals surface area contributed by atoms with E-state index in [1.807, 2.05) is 109 Å². The lowest BCUT2D eigenvalue weighted by Crippen LogP contribution is -2.61. The number of nitrogens with one attached hydrogen (secondary N) is 1. The normalized spacial score (nSPS) is 20.8. The smallest absolute Gasteiger partial charge is 0.306 e. The van der Waals surface area contributed by atoms with Crippen LogP contribution in [0.15, 0.2) is 134 Å². The summed E-state index contributed by atoms with van der Waals surface area (Å²) in [5, 5.41) is 56.6. The number of ether oxygens (including phenoxy) is 3. The van der Waals surface area contributed by atoms with Gasteiger partial charge in [-0.3, -0.25) is 9.59 Å². The van der Waals surface area contributed by atoms with Crippen molar-refractivity contribution in [2.45, 2.75) is 211 Å². The molecule has 0 radical (unpaired) electrons. The highest BCUT2D eigenvalue weighted by molar-refractivity contribution is 5.80.